The molecule has 0 saturated heterocycles. The highest BCUT2D eigenvalue weighted by atomic mass is 79.9. The average Bonchev–Trinajstić information content (AvgIpc) is 2.65. The smallest absolute Gasteiger partial charge is 0.336 e. The summed E-state index contributed by atoms with van der Waals surface area (Å²) >= 11 is 3.46. The Labute approximate surface area is 167 Å². The van der Waals surface area contributed by atoms with Crippen LogP contribution in [0.5, 0.6) is 5.75 Å². The molecule has 0 saturated carbocycles. The van der Waals surface area contributed by atoms with E-state index in [4.69, 9.17) is 14.2 Å². The maximum atomic E-state index is 12.5. The number of carbonyl (C=O) groups excluding carboxylic acids is 2. The quantitative estimate of drug-likeness (QED) is 0.633. The average molecular weight is 438 g/mol. The van der Waals surface area contributed by atoms with Crippen molar-refractivity contribution < 1.29 is 23.8 Å². The first-order chi connectivity index (χ1) is 12.8. The standard InChI is InChI=1S/C20H24BrNO5/c1-12(2)9-22-10-14(19(23)26-4)18(15(11-22)20(24)27-5)13-6-7-17(25-3)16(21)8-13/h6-8,10-12,18H,9H2,1-5H3. The van der Waals surface area contributed by atoms with Crippen LogP contribution in [0.15, 0.2) is 46.2 Å². The Bertz CT molecular complexity index is 751. The normalized spacial score (nSPS) is 14.6. The molecule has 0 bridgehead atoms. The molecule has 0 aromatic heterocycles. The number of rotatable bonds is 6. The number of halogens is 1. The molecule has 0 unspecified atom stereocenters. The van der Waals surface area contributed by atoms with Crippen LogP contribution in [0.3, 0.4) is 0 Å². The van der Waals surface area contributed by atoms with Crippen LogP contribution in [-0.2, 0) is 19.1 Å². The molecule has 0 amide bonds. The van der Waals surface area contributed by atoms with Gasteiger partial charge in [-0.05, 0) is 39.5 Å². The van der Waals surface area contributed by atoms with E-state index in [0.29, 0.717) is 29.4 Å². The minimum atomic E-state index is -0.601. The fraction of sp³-hybridized carbons (Fsp3) is 0.400. The third-order valence-electron chi connectivity index (χ3n) is 4.16. The molecular weight excluding hydrogens is 414 g/mol. The van der Waals surface area contributed by atoms with Crippen LogP contribution >= 0.6 is 15.9 Å². The summed E-state index contributed by atoms with van der Waals surface area (Å²) in [6.45, 7) is 4.77. The highest BCUT2D eigenvalue weighted by Gasteiger charge is 2.35. The molecule has 2 rings (SSSR count). The molecular formula is C20H24BrNO5. The van der Waals surface area contributed by atoms with Crippen molar-refractivity contribution in [1.29, 1.82) is 0 Å². The zero-order chi connectivity index (χ0) is 20.1. The lowest BCUT2D eigenvalue weighted by Gasteiger charge is -2.31. The molecule has 7 heteroatoms. The number of nitrogens with zero attached hydrogens (tertiary/aromatic N) is 1. The Morgan fingerprint density at radius 2 is 1.63 bits per heavy atom. The fourth-order valence-electron chi connectivity index (χ4n) is 3.04. The van der Waals surface area contributed by atoms with E-state index in [-0.39, 0.29) is 0 Å². The predicted octanol–water partition coefficient (Wildman–Crippen LogP) is 3.63. The fourth-order valence-corrected chi connectivity index (χ4v) is 3.59. The van der Waals surface area contributed by atoms with Crippen molar-refractivity contribution >= 4 is 27.9 Å². The Hall–Kier alpha value is -2.28. The number of hydrogen-bond donors (Lipinski definition) is 0. The first-order valence-corrected chi connectivity index (χ1v) is 9.30. The molecule has 1 aliphatic heterocycles. The summed E-state index contributed by atoms with van der Waals surface area (Å²) in [5.74, 6) is -0.592. The van der Waals surface area contributed by atoms with Gasteiger partial charge in [-0.2, -0.15) is 0 Å². The summed E-state index contributed by atoms with van der Waals surface area (Å²) in [6, 6.07) is 5.43. The number of ether oxygens (including phenoxy) is 3. The first-order valence-electron chi connectivity index (χ1n) is 8.51. The van der Waals surface area contributed by atoms with Gasteiger partial charge in [0.1, 0.15) is 5.75 Å². The molecule has 0 aliphatic carbocycles. The number of benzene rings is 1. The first kappa shape index (κ1) is 21.0. The van der Waals surface area contributed by atoms with E-state index < -0.39 is 17.9 Å². The second-order valence-electron chi connectivity index (χ2n) is 6.57. The molecule has 0 atom stereocenters. The summed E-state index contributed by atoms with van der Waals surface area (Å²) < 4.78 is 16.0. The van der Waals surface area contributed by atoms with Gasteiger partial charge in [-0.1, -0.05) is 19.9 Å². The van der Waals surface area contributed by atoms with Gasteiger partial charge in [-0.15, -0.1) is 0 Å². The Morgan fingerprint density at radius 3 is 2.04 bits per heavy atom. The van der Waals surface area contributed by atoms with Crippen LogP contribution in [0, 0.1) is 5.92 Å². The van der Waals surface area contributed by atoms with Gasteiger partial charge >= 0.3 is 11.9 Å². The Balaban J connectivity index is 2.60. The molecule has 0 N–H and O–H groups in total. The van der Waals surface area contributed by atoms with Crippen molar-refractivity contribution in [2.45, 2.75) is 19.8 Å². The third kappa shape index (κ3) is 4.71. The Kier molecular flexibility index (Phi) is 7.07. The summed E-state index contributed by atoms with van der Waals surface area (Å²) in [5, 5.41) is 0. The minimum absolute atomic E-state index is 0.335. The highest BCUT2D eigenvalue weighted by molar-refractivity contribution is 9.10. The van der Waals surface area contributed by atoms with Crippen molar-refractivity contribution in [2.24, 2.45) is 5.92 Å². The van der Waals surface area contributed by atoms with Gasteiger partial charge in [0, 0.05) is 18.9 Å². The molecule has 1 aliphatic rings. The van der Waals surface area contributed by atoms with Gasteiger partial charge < -0.3 is 19.1 Å². The maximum absolute atomic E-state index is 12.5. The molecule has 27 heavy (non-hydrogen) atoms. The van der Waals surface area contributed by atoms with Crippen molar-refractivity contribution in [1.82, 2.24) is 4.90 Å². The van der Waals surface area contributed by atoms with Gasteiger partial charge in [-0.3, -0.25) is 0 Å². The number of methoxy groups -OCH3 is 3. The zero-order valence-electron chi connectivity index (χ0n) is 16.1. The van der Waals surface area contributed by atoms with E-state index in [1.807, 2.05) is 17.0 Å². The molecule has 1 aromatic rings. The summed E-state index contributed by atoms with van der Waals surface area (Å²) in [7, 11) is 4.23. The van der Waals surface area contributed by atoms with E-state index in [1.165, 1.54) is 14.2 Å². The lowest BCUT2D eigenvalue weighted by molar-refractivity contribution is -0.137. The van der Waals surface area contributed by atoms with Crippen LogP contribution in [0.1, 0.15) is 25.3 Å². The van der Waals surface area contributed by atoms with Gasteiger partial charge in [0.25, 0.3) is 0 Å². The minimum Gasteiger partial charge on any atom is -0.496 e. The summed E-state index contributed by atoms with van der Waals surface area (Å²) in [6.07, 6.45) is 3.47. The van der Waals surface area contributed by atoms with E-state index >= 15 is 0 Å². The maximum Gasteiger partial charge on any atom is 0.336 e. The lowest BCUT2D eigenvalue weighted by atomic mass is 9.83. The van der Waals surface area contributed by atoms with Crippen molar-refractivity contribution in [2.75, 3.05) is 27.9 Å². The van der Waals surface area contributed by atoms with Gasteiger partial charge in [0.15, 0.2) is 0 Å². The van der Waals surface area contributed by atoms with Crippen LogP contribution in [0.25, 0.3) is 0 Å². The number of carbonyl (C=O) groups is 2. The number of esters is 2. The summed E-state index contributed by atoms with van der Waals surface area (Å²) in [4.78, 5) is 26.9. The predicted molar refractivity (Wildman–Crippen MR) is 105 cm³/mol. The van der Waals surface area contributed by atoms with Gasteiger partial charge in [-0.25, -0.2) is 9.59 Å². The van der Waals surface area contributed by atoms with Crippen LogP contribution in [0.2, 0.25) is 0 Å². The van der Waals surface area contributed by atoms with Crippen molar-refractivity contribution in [3.8, 4) is 5.75 Å². The van der Waals surface area contributed by atoms with Crippen LogP contribution in [-0.4, -0.2) is 44.7 Å². The third-order valence-corrected chi connectivity index (χ3v) is 4.78. The molecule has 0 spiro atoms. The topological polar surface area (TPSA) is 65.1 Å². The molecule has 1 heterocycles. The second kappa shape index (κ2) is 9.08. The lowest BCUT2D eigenvalue weighted by Crippen LogP contribution is -2.30. The zero-order valence-corrected chi connectivity index (χ0v) is 17.7. The monoisotopic (exact) mass is 437 g/mol. The molecule has 0 fully saturated rings. The molecule has 0 radical (unpaired) electrons. The SMILES string of the molecule is COC(=O)C1=CN(CC(C)C)C=C(C(=O)OC)C1c1ccc(OC)c(Br)c1. The van der Waals surface area contributed by atoms with Crippen molar-refractivity contribution in [3.63, 3.8) is 0 Å². The van der Waals surface area contributed by atoms with E-state index in [1.54, 1.807) is 25.6 Å². The van der Waals surface area contributed by atoms with E-state index in [9.17, 15) is 9.59 Å². The van der Waals surface area contributed by atoms with Crippen LogP contribution in [0.4, 0.5) is 0 Å². The van der Waals surface area contributed by atoms with Crippen molar-refractivity contribution in [3.05, 3.63) is 51.8 Å². The van der Waals surface area contributed by atoms with E-state index in [0.717, 1.165) is 10.0 Å². The molecule has 146 valence electrons. The second-order valence-corrected chi connectivity index (χ2v) is 7.42. The van der Waals surface area contributed by atoms with Gasteiger partial charge in [0.2, 0.25) is 0 Å². The molecule has 1 aromatic carbocycles. The van der Waals surface area contributed by atoms with Crippen LogP contribution < -0.4 is 4.74 Å². The Morgan fingerprint density at radius 1 is 1.07 bits per heavy atom. The largest absolute Gasteiger partial charge is 0.496 e. The number of hydrogen-bond acceptors (Lipinski definition) is 6. The van der Waals surface area contributed by atoms with Gasteiger partial charge in [0.05, 0.1) is 42.9 Å². The highest BCUT2D eigenvalue weighted by Crippen LogP contribution is 2.39. The molecule has 6 nitrogen and oxygen atoms in total. The van der Waals surface area contributed by atoms with E-state index in [2.05, 4.69) is 29.8 Å². The summed E-state index contributed by atoms with van der Waals surface area (Å²) in [5.41, 5.74) is 1.50.